The summed E-state index contributed by atoms with van der Waals surface area (Å²) in [6.07, 6.45) is 1.38. The predicted octanol–water partition coefficient (Wildman–Crippen LogP) is 0.777. The minimum Gasteiger partial charge on any atom is -0.376 e. The standard InChI is InChI=1S/C13H28O5Si.H4Si/c1-5-16-19(17-6-2,18-7-3)9-8-12(4)14-10-13-11-15-13;/h12-13H,5-11H2,1-4H3;1H4. The lowest BCUT2D eigenvalue weighted by molar-refractivity contribution is 0.0386. The number of ether oxygens (including phenoxy) is 2. The van der Waals surface area contributed by atoms with Crippen LogP contribution in [0.15, 0.2) is 0 Å². The molecule has 1 fully saturated rings. The molecule has 122 valence electrons. The highest BCUT2D eigenvalue weighted by Gasteiger charge is 2.40. The van der Waals surface area contributed by atoms with E-state index in [0.717, 1.165) is 19.1 Å². The van der Waals surface area contributed by atoms with Crippen LogP contribution in [0.25, 0.3) is 0 Å². The largest absolute Gasteiger partial charge is 0.501 e. The monoisotopic (exact) mass is 324 g/mol. The summed E-state index contributed by atoms with van der Waals surface area (Å²) in [4.78, 5) is 0. The van der Waals surface area contributed by atoms with Gasteiger partial charge in [-0.05, 0) is 45.1 Å². The number of rotatable bonds is 12. The Morgan fingerprint density at radius 1 is 1.10 bits per heavy atom. The topological polar surface area (TPSA) is 49.5 Å². The molecule has 0 aliphatic carbocycles. The van der Waals surface area contributed by atoms with Gasteiger partial charge in [-0.2, -0.15) is 0 Å². The fourth-order valence-electron chi connectivity index (χ4n) is 1.90. The lowest BCUT2D eigenvalue weighted by atomic mass is 10.3. The molecule has 0 bridgehead atoms. The Kier molecular flexibility index (Phi) is 11.0. The molecule has 0 spiro atoms. The lowest BCUT2D eigenvalue weighted by Crippen LogP contribution is -2.46. The van der Waals surface area contributed by atoms with Crippen molar-refractivity contribution in [3.63, 3.8) is 0 Å². The first-order valence-electron chi connectivity index (χ1n) is 7.30. The second-order valence-electron chi connectivity index (χ2n) is 4.62. The van der Waals surface area contributed by atoms with E-state index in [4.69, 9.17) is 22.8 Å². The molecule has 0 aromatic rings. The molecule has 0 radical (unpaired) electrons. The van der Waals surface area contributed by atoms with Gasteiger partial charge < -0.3 is 22.8 Å². The first kappa shape index (κ1) is 20.2. The molecule has 5 nitrogen and oxygen atoms in total. The van der Waals surface area contributed by atoms with Crippen LogP contribution in [0.2, 0.25) is 6.04 Å². The maximum absolute atomic E-state index is 5.81. The van der Waals surface area contributed by atoms with Crippen LogP contribution in [-0.2, 0) is 22.8 Å². The van der Waals surface area contributed by atoms with Gasteiger partial charge in [0, 0.05) is 25.9 Å². The molecule has 1 rings (SSSR count). The van der Waals surface area contributed by atoms with E-state index in [9.17, 15) is 0 Å². The highest BCUT2D eigenvalue weighted by molar-refractivity contribution is 6.60. The van der Waals surface area contributed by atoms with Crippen LogP contribution in [0.3, 0.4) is 0 Å². The van der Waals surface area contributed by atoms with E-state index in [1.165, 1.54) is 0 Å². The fraction of sp³-hybridized carbons (Fsp3) is 1.00. The maximum Gasteiger partial charge on any atom is 0.501 e. The summed E-state index contributed by atoms with van der Waals surface area (Å²) in [7, 11) is -2.51. The van der Waals surface area contributed by atoms with Crippen LogP contribution in [0.1, 0.15) is 34.1 Å². The molecular weight excluding hydrogens is 292 g/mol. The van der Waals surface area contributed by atoms with Gasteiger partial charge in [-0.25, -0.2) is 0 Å². The molecule has 0 saturated carbocycles. The average Bonchev–Trinajstić information content (AvgIpc) is 3.19. The predicted molar refractivity (Wildman–Crippen MR) is 86.5 cm³/mol. The van der Waals surface area contributed by atoms with Gasteiger partial charge in [0.15, 0.2) is 0 Å². The number of hydrogen-bond acceptors (Lipinski definition) is 5. The summed E-state index contributed by atoms with van der Waals surface area (Å²) in [6, 6.07) is 0.801. The molecule has 1 saturated heterocycles. The Bertz CT molecular complexity index is 222. The molecule has 0 aromatic carbocycles. The molecule has 0 aromatic heterocycles. The van der Waals surface area contributed by atoms with Gasteiger partial charge in [0.25, 0.3) is 0 Å². The van der Waals surface area contributed by atoms with Crippen LogP contribution >= 0.6 is 0 Å². The SMILES string of the molecule is CCO[Si](CCC(C)OCC1CO1)(OCC)OCC.[SiH4]. The molecule has 20 heavy (non-hydrogen) atoms. The Morgan fingerprint density at radius 2 is 1.60 bits per heavy atom. The van der Waals surface area contributed by atoms with Crippen molar-refractivity contribution in [3.05, 3.63) is 0 Å². The van der Waals surface area contributed by atoms with Crippen LogP contribution in [-0.4, -0.2) is 65.0 Å². The highest BCUT2D eigenvalue weighted by Crippen LogP contribution is 2.21. The smallest absolute Gasteiger partial charge is 0.376 e. The Hall–Kier alpha value is 0.234. The van der Waals surface area contributed by atoms with Crippen molar-refractivity contribution in [2.75, 3.05) is 33.0 Å². The van der Waals surface area contributed by atoms with Crippen LogP contribution in [0, 0.1) is 0 Å². The first-order chi connectivity index (χ1) is 9.15. The zero-order valence-corrected chi connectivity index (χ0v) is 13.6. The molecule has 1 heterocycles. The molecule has 0 amide bonds. The second kappa shape index (κ2) is 10.9. The molecular formula is C13H32O5Si2. The van der Waals surface area contributed by atoms with E-state index in [1.54, 1.807) is 0 Å². The third-order valence-corrected chi connectivity index (χ3v) is 6.01. The first-order valence-corrected chi connectivity index (χ1v) is 9.24. The zero-order chi connectivity index (χ0) is 14.1. The van der Waals surface area contributed by atoms with Gasteiger partial charge >= 0.3 is 8.80 Å². The van der Waals surface area contributed by atoms with Gasteiger partial charge in [-0.1, -0.05) is 0 Å². The van der Waals surface area contributed by atoms with Crippen molar-refractivity contribution >= 4 is 19.8 Å². The summed E-state index contributed by atoms with van der Waals surface area (Å²) in [5.74, 6) is 0. The molecule has 7 heteroatoms. The Morgan fingerprint density at radius 3 is 2.00 bits per heavy atom. The Labute approximate surface area is 128 Å². The molecule has 0 N–H and O–H groups in total. The van der Waals surface area contributed by atoms with Gasteiger partial charge in [-0.15, -0.1) is 0 Å². The van der Waals surface area contributed by atoms with Crippen LogP contribution < -0.4 is 0 Å². The summed E-state index contributed by atoms with van der Waals surface area (Å²) >= 11 is 0. The summed E-state index contributed by atoms with van der Waals surface area (Å²) in [6.45, 7) is 11.4. The van der Waals surface area contributed by atoms with Gasteiger partial charge in [0.2, 0.25) is 0 Å². The quantitative estimate of drug-likeness (QED) is 0.392. The fourth-order valence-corrected chi connectivity index (χ4v) is 4.66. The Balaban J connectivity index is 0.00000361. The van der Waals surface area contributed by atoms with Crippen molar-refractivity contribution in [2.45, 2.75) is 52.4 Å². The minimum atomic E-state index is -2.51. The third-order valence-electron chi connectivity index (χ3n) is 2.92. The second-order valence-corrected chi connectivity index (χ2v) is 7.35. The maximum atomic E-state index is 5.81. The van der Waals surface area contributed by atoms with Gasteiger partial charge in [-0.3, -0.25) is 0 Å². The van der Waals surface area contributed by atoms with Crippen LogP contribution in [0.4, 0.5) is 0 Å². The normalized spacial score (nSPS) is 19.5. The van der Waals surface area contributed by atoms with Crippen LogP contribution in [0.5, 0.6) is 0 Å². The van der Waals surface area contributed by atoms with Gasteiger partial charge in [0.1, 0.15) is 6.10 Å². The minimum absolute atomic E-state index is 0. The van der Waals surface area contributed by atoms with Crippen molar-refractivity contribution < 1.29 is 22.8 Å². The summed E-state index contributed by atoms with van der Waals surface area (Å²) < 4.78 is 28.3. The van der Waals surface area contributed by atoms with E-state index < -0.39 is 8.80 Å². The third kappa shape index (κ3) is 7.87. The van der Waals surface area contributed by atoms with E-state index in [-0.39, 0.29) is 17.1 Å². The number of hydrogen-bond donors (Lipinski definition) is 0. The molecule has 1 aliphatic heterocycles. The highest BCUT2D eigenvalue weighted by atomic mass is 28.4. The van der Waals surface area contributed by atoms with Crippen molar-refractivity contribution in [1.82, 2.24) is 0 Å². The van der Waals surface area contributed by atoms with E-state index in [1.807, 2.05) is 20.8 Å². The van der Waals surface area contributed by atoms with E-state index >= 15 is 0 Å². The summed E-state index contributed by atoms with van der Waals surface area (Å²) in [5.41, 5.74) is 0. The molecule has 2 atom stereocenters. The average molecular weight is 325 g/mol. The lowest BCUT2D eigenvalue weighted by Gasteiger charge is -2.29. The number of epoxide rings is 1. The zero-order valence-electron chi connectivity index (χ0n) is 12.6. The molecule has 2 unspecified atom stereocenters. The van der Waals surface area contributed by atoms with Gasteiger partial charge in [0.05, 0.1) is 19.3 Å². The van der Waals surface area contributed by atoms with Crippen molar-refractivity contribution in [3.8, 4) is 0 Å². The van der Waals surface area contributed by atoms with Crippen molar-refractivity contribution in [1.29, 1.82) is 0 Å². The molecule has 1 aliphatic rings. The van der Waals surface area contributed by atoms with E-state index in [2.05, 4.69) is 6.92 Å². The van der Waals surface area contributed by atoms with Crippen molar-refractivity contribution in [2.24, 2.45) is 0 Å². The van der Waals surface area contributed by atoms with E-state index in [0.29, 0.717) is 32.5 Å². The summed E-state index contributed by atoms with van der Waals surface area (Å²) in [5, 5.41) is 0.